The lowest BCUT2D eigenvalue weighted by Crippen LogP contribution is -2.38. The molecule has 0 atom stereocenters. The third-order valence-electron chi connectivity index (χ3n) is 4.68. The lowest BCUT2D eigenvalue weighted by Gasteiger charge is -2.06. The Kier molecular flexibility index (Phi) is 3.66. The summed E-state index contributed by atoms with van der Waals surface area (Å²) in [5.74, 6) is 0.740. The van der Waals surface area contributed by atoms with Gasteiger partial charge in [-0.05, 0) is 27.2 Å². The van der Waals surface area contributed by atoms with Crippen LogP contribution in [0.2, 0.25) is 0 Å². The molecule has 3 rings (SSSR count). The van der Waals surface area contributed by atoms with E-state index in [0.717, 1.165) is 36.6 Å². The van der Waals surface area contributed by atoms with Crippen molar-refractivity contribution in [2.45, 2.75) is 53.6 Å². The molecule has 0 aliphatic heterocycles. The Morgan fingerprint density at radius 1 is 1.04 bits per heavy atom. The van der Waals surface area contributed by atoms with Crippen molar-refractivity contribution in [2.24, 2.45) is 7.05 Å². The highest BCUT2D eigenvalue weighted by Gasteiger charge is 2.21. The van der Waals surface area contributed by atoms with Gasteiger partial charge in [-0.2, -0.15) is 4.98 Å². The molecule has 0 amide bonds. The second-order valence-corrected chi connectivity index (χ2v) is 5.99. The predicted octanol–water partition coefficient (Wildman–Crippen LogP) is 1.59. The monoisotopic (exact) mass is 317 g/mol. The molecule has 0 saturated heterocycles. The minimum absolute atomic E-state index is 0.270. The van der Waals surface area contributed by atoms with Crippen LogP contribution in [0.5, 0.6) is 0 Å². The molecule has 0 spiro atoms. The Morgan fingerprint density at radius 2 is 1.74 bits per heavy atom. The van der Waals surface area contributed by atoms with Crippen LogP contribution in [0.1, 0.15) is 38.1 Å². The molecule has 0 fully saturated rings. The average molecular weight is 317 g/mol. The highest BCUT2D eigenvalue weighted by Crippen LogP contribution is 2.21. The Balaban J connectivity index is 2.51. The minimum Gasteiger partial charge on any atom is -0.314 e. The van der Waals surface area contributed by atoms with Gasteiger partial charge in [0, 0.05) is 31.5 Å². The van der Waals surface area contributed by atoms with Crippen molar-refractivity contribution in [1.29, 1.82) is 0 Å². The molecule has 3 aromatic heterocycles. The molecule has 0 radical (unpaired) electrons. The highest BCUT2D eigenvalue weighted by molar-refractivity contribution is 5.76. The number of imidazole rings is 2. The normalized spacial score (nSPS) is 11.9. The maximum Gasteiger partial charge on any atom is 0.332 e. The Labute approximate surface area is 133 Å². The third-order valence-corrected chi connectivity index (χ3v) is 4.68. The van der Waals surface area contributed by atoms with E-state index in [4.69, 9.17) is 0 Å². The van der Waals surface area contributed by atoms with Crippen molar-refractivity contribution in [3.05, 3.63) is 32.2 Å². The van der Waals surface area contributed by atoms with E-state index in [2.05, 4.69) is 16.5 Å². The van der Waals surface area contributed by atoms with Gasteiger partial charge >= 0.3 is 5.69 Å². The Bertz CT molecular complexity index is 1020. The smallest absolute Gasteiger partial charge is 0.314 e. The summed E-state index contributed by atoms with van der Waals surface area (Å²) in [5, 5.41) is 0. The van der Waals surface area contributed by atoms with Crippen molar-refractivity contribution in [1.82, 2.24) is 23.1 Å². The number of rotatable bonds is 4. The molecule has 0 aromatic carbocycles. The summed E-state index contributed by atoms with van der Waals surface area (Å²) in [6.45, 7) is 9.20. The molecule has 0 aliphatic rings. The summed E-state index contributed by atoms with van der Waals surface area (Å²) in [6.07, 6.45) is 2.14. The van der Waals surface area contributed by atoms with Gasteiger partial charge in [-0.15, -0.1) is 0 Å². The van der Waals surface area contributed by atoms with Gasteiger partial charge in [0.1, 0.15) is 0 Å². The molecule has 23 heavy (non-hydrogen) atoms. The first kappa shape index (κ1) is 15.6. The van der Waals surface area contributed by atoms with Crippen LogP contribution in [-0.4, -0.2) is 23.1 Å². The minimum atomic E-state index is -0.319. The summed E-state index contributed by atoms with van der Waals surface area (Å²) in [7, 11) is 1.67. The topological polar surface area (TPSA) is 66.2 Å². The molecule has 0 bridgehead atoms. The van der Waals surface area contributed by atoms with E-state index >= 15 is 0 Å². The standard InChI is InChI=1S/C16H23N5O2/c1-6-8-9-20-10(3)11(4)21-12-13(17-15(20)21)18(5)16(23)19(7-2)14(12)22/h6-9H2,1-5H3. The molecule has 7 heteroatoms. The number of unbranched alkanes of at least 4 members (excludes halogenated alkanes) is 1. The van der Waals surface area contributed by atoms with E-state index < -0.39 is 0 Å². The first-order valence-electron chi connectivity index (χ1n) is 8.11. The van der Waals surface area contributed by atoms with Crippen molar-refractivity contribution in [3.63, 3.8) is 0 Å². The zero-order chi connectivity index (χ0) is 16.9. The molecule has 0 N–H and O–H groups in total. The molecule has 0 unspecified atom stereocenters. The number of nitrogens with zero attached hydrogens (tertiary/aromatic N) is 5. The van der Waals surface area contributed by atoms with Gasteiger partial charge in [0.2, 0.25) is 5.78 Å². The Hall–Kier alpha value is -2.31. The summed E-state index contributed by atoms with van der Waals surface area (Å²) in [4.78, 5) is 29.7. The van der Waals surface area contributed by atoms with Crippen LogP contribution in [0.3, 0.4) is 0 Å². The van der Waals surface area contributed by atoms with Crippen molar-refractivity contribution in [2.75, 3.05) is 0 Å². The van der Waals surface area contributed by atoms with Crippen molar-refractivity contribution < 1.29 is 0 Å². The van der Waals surface area contributed by atoms with Crippen LogP contribution in [0.15, 0.2) is 9.59 Å². The second kappa shape index (κ2) is 5.40. The van der Waals surface area contributed by atoms with E-state index in [1.807, 2.05) is 18.2 Å². The number of fused-ring (bicyclic) bond motifs is 3. The first-order valence-corrected chi connectivity index (χ1v) is 8.11. The number of hydrogen-bond acceptors (Lipinski definition) is 3. The fourth-order valence-electron chi connectivity index (χ4n) is 3.18. The van der Waals surface area contributed by atoms with E-state index in [9.17, 15) is 9.59 Å². The van der Waals surface area contributed by atoms with Crippen LogP contribution >= 0.6 is 0 Å². The fraction of sp³-hybridized carbons (Fsp3) is 0.562. The van der Waals surface area contributed by atoms with Crippen LogP contribution in [0.4, 0.5) is 0 Å². The van der Waals surface area contributed by atoms with E-state index in [1.165, 1.54) is 9.13 Å². The van der Waals surface area contributed by atoms with Gasteiger partial charge in [-0.3, -0.25) is 18.3 Å². The predicted molar refractivity (Wildman–Crippen MR) is 90.2 cm³/mol. The molecule has 0 saturated carbocycles. The number of aryl methyl sites for hydroxylation is 3. The Morgan fingerprint density at radius 3 is 2.35 bits per heavy atom. The molecule has 124 valence electrons. The van der Waals surface area contributed by atoms with Gasteiger partial charge in [-0.1, -0.05) is 13.3 Å². The quantitative estimate of drug-likeness (QED) is 0.734. The van der Waals surface area contributed by atoms with Gasteiger partial charge in [0.15, 0.2) is 11.2 Å². The summed E-state index contributed by atoms with van der Waals surface area (Å²) >= 11 is 0. The molecular weight excluding hydrogens is 294 g/mol. The summed E-state index contributed by atoms with van der Waals surface area (Å²) in [5.41, 5.74) is 2.46. The highest BCUT2D eigenvalue weighted by atomic mass is 16.2. The maximum atomic E-state index is 12.8. The van der Waals surface area contributed by atoms with E-state index in [-0.39, 0.29) is 11.2 Å². The van der Waals surface area contributed by atoms with Gasteiger partial charge < -0.3 is 4.57 Å². The summed E-state index contributed by atoms with van der Waals surface area (Å²) in [6, 6.07) is 0. The van der Waals surface area contributed by atoms with Gasteiger partial charge in [-0.25, -0.2) is 4.79 Å². The SMILES string of the molecule is CCCCn1c(C)c(C)n2c3c(=O)n(CC)c(=O)n(C)c3nc12. The molecule has 7 nitrogen and oxygen atoms in total. The molecular formula is C16H23N5O2. The van der Waals surface area contributed by atoms with E-state index in [1.54, 1.807) is 14.0 Å². The zero-order valence-corrected chi connectivity index (χ0v) is 14.4. The number of aromatic nitrogens is 5. The molecule has 3 aromatic rings. The van der Waals surface area contributed by atoms with Crippen molar-refractivity contribution in [3.8, 4) is 0 Å². The van der Waals surface area contributed by atoms with Crippen LogP contribution in [-0.2, 0) is 20.1 Å². The number of hydrogen-bond donors (Lipinski definition) is 0. The maximum absolute atomic E-state index is 12.8. The van der Waals surface area contributed by atoms with E-state index in [0.29, 0.717) is 17.7 Å². The van der Waals surface area contributed by atoms with Gasteiger partial charge in [0.05, 0.1) is 0 Å². The third kappa shape index (κ3) is 1.99. The van der Waals surface area contributed by atoms with Gasteiger partial charge in [0.25, 0.3) is 5.56 Å². The van der Waals surface area contributed by atoms with Crippen LogP contribution in [0.25, 0.3) is 16.9 Å². The summed E-state index contributed by atoms with van der Waals surface area (Å²) < 4.78 is 6.76. The molecule has 3 heterocycles. The zero-order valence-electron chi connectivity index (χ0n) is 14.4. The second-order valence-electron chi connectivity index (χ2n) is 5.99. The van der Waals surface area contributed by atoms with Crippen LogP contribution < -0.4 is 11.2 Å². The fourth-order valence-corrected chi connectivity index (χ4v) is 3.18. The average Bonchev–Trinajstić information content (AvgIpc) is 3.02. The molecule has 0 aliphatic carbocycles. The lowest BCUT2D eigenvalue weighted by atomic mass is 10.3. The largest absolute Gasteiger partial charge is 0.332 e. The lowest BCUT2D eigenvalue weighted by molar-refractivity contribution is 0.629. The van der Waals surface area contributed by atoms with Crippen LogP contribution in [0, 0.1) is 13.8 Å². The first-order chi connectivity index (χ1) is 10.9. The van der Waals surface area contributed by atoms with Crippen molar-refractivity contribution >= 4 is 16.9 Å².